The van der Waals surface area contributed by atoms with Crippen molar-refractivity contribution in [1.82, 2.24) is 0 Å². The van der Waals surface area contributed by atoms with Crippen LogP contribution in [0.1, 0.15) is 34.0 Å². The Morgan fingerprint density at radius 3 is 2.11 bits per heavy atom. The van der Waals surface area contributed by atoms with Crippen molar-refractivity contribution < 1.29 is 33.3 Å². The molecule has 1 fully saturated rings. The lowest BCUT2D eigenvalue weighted by atomic mass is 9.82. The van der Waals surface area contributed by atoms with Gasteiger partial charge in [-0.1, -0.05) is 19.8 Å². The predicted molar refractivity (Wildman–Crippen MR) is 98.8 cm³/mol. The van der Waals surface area contributed by atoms with Gasteiger partial charge >= 0.3 is 6.11 Å². The molecule has 3 nitrogen and oxygen atoms in total. The summed E-state index contributed by atoms with van der Waals surface area (Å²) in [6.45, 7) is 4.05. The zero-order valence-electron chi connectivity index (χ0n) is 15.5. The monoisotopic (exact) mass is 400 g/mol. The first kappa shape index (κ1) is 21.7. The topological polar surface area (TPSA) is 35.5 Å². The second kappa shape index (κ2) is 9.57. The average Bonchev–Trinajstić information content (AvgIpc) is 2.67. The lowest BCUT2D eigenvalue weighted by Gasteiger charge is -2.32. The minimum atomic E-state index is -3.34. The van der Waals surface area contributed by atoms with Gasteiger partial charge in [0.1, 0.15) is 24.1 Å². The normalized spacial score (nSPS) is 19.3. The second-order valence-electron chi connectivity index (χ2n) is 6.77. The summed E-state index contributed by atoms with van der Waals surface area (Å²) in [5.74, 6) is -1.86. The molecule has 1 aliphatic rings. The Labute approximate surface area is 162 Å². The highest BCUT2D eigenvalue weighted by molar-refractivity contribution is 5.37. The lowest BCUT2D eigenvalue weighted by molar-refractivity contribution is -0.223. The summed E-state index contributed by atoms with van der Waals surface area (Å²) in [4.78, 5) is 8.00. The number of alkyl halides is 2. The molecule has 0 saturated heterocycles. The highest BCUT2D eigenvalue weighted by atomic mass is 19.3. The van der Waals surface area contributed by atoms with E-state index in [2.05, 4.69) is 0 Å². The summed E-state index contributed by atoms with van der Waals surface area (Å²) in [5, 5.41) is 0. The van der Waals surface area contributed by atoms with Crippen molar-refractivity contribution in [2.24, 2.45) is 11.8 Å². The minimum Gasteiger partial charge on any atom is -0.454 e. The van der Waals surface area contributed by atoms with Gasteiger partial charge in [-0.2, -0.15) is 8.78 Å². The first-order valence-electron chi connectivity index (χ1n) is 8.92. The van der Waals surface area contributed by atoms with Crippen molar-refractivity contribution >= 4 is 6.79 Å². The van der Waals surface area contributed by atoms with Crippen molar-refractivity contribution in [3.63, 3.8) is 0 Å². The van der Waals surface area contributed by atoms with E-state index in [4.69, 9.17) is 14.3 Å². The summed E-state index contributed by atoms with van der Waals surface area (Å²) in [6, 6.07) is 8.37. The fourth-order valence-electron chi connectivity index (χ4n) is 3.09. The van der Waals surface area contributed by atoms with Crippen LogP contribution < -0.4 is 9.47 Å². The number of hydrogen-bond acceptors (Lipinski definition) is 3. The zero-order chi connectivity index (χ0) is 20.7. The van der Waals surface area contributed by atoms with Gasteiger partial charge in [0.25, 0.3) is 0 Å². The van der Waals surface area contributed by atoms with Crippen LogP contribution >= 0.6 is 0 Å². The maximum atomic E-state index is 14.3. The predicted octanol–water partition coefficient (Wildman–Crippen LogP) is 6.62. The van der Waals surface area contributed by atoms with E-state index in [1.54, 1.807) is 0 Å². The molecule has 0 aliphatic heterocycles. The van der Waals surface area contributed by atoms with Crippen LogP contribution in [-0.4, -0.2) is 12.9 Å². The summed E-state index contributed by atoms with van der Waals surface area (Å²) in [7, 11) is 0. The molecule has 3 rings (SSSR count). The largest absolute Gasteiger partial charge is 0.454 e. The van der Waals surface area contributed by atoms with E-state index in [0.29, 0.717) is 18.8 Å². The highest BCUT2D eigenvalue weighted by Crippen LogP contribution is 2.40. The maximum Gasteiger partial charge on any atom is 0.400 e. The van der Waals surface area contributed by atoms with E-state index in [-0.39, 0.29) is 18.7 Å². The Bertz CT molecular complexity index is 763. The molecule has 154 valence electrons. The molecule has 0 radical (unpaired) electrons. The minimum absolute atomic E-state index is 0. The van der Waals surface area contributed by atoms with Gasteiger partial charge in [-0.15, -0.1) is 0 Å². The first-order chi connectivity index (χ1) is 13.3. The number of benzene rings is 2. The van der Waals surface area contributed by atoms with Crippen molar-refractivity contribution in [3.8, 4) is 17.2 Å². The van der Waals surface area contributed by atoms with Crippen LogP contribution in [0.5, 0.6) is 17.2 Å². The lowest BCUT2D eigenvalue weighted by Crippen LogP contribution is -2.37. The van der Waals surface area contributed by atoms with Gasteiger partial charge in [0.2, 0.25) is 0 Å². The molecule has 28 heavy (non-hydrogen) atoms. The van der Waals surface area contributed by atoms with Gasteiger partial charge in [-0.3, -0.25) is 0 Å². The number of ether oxygens (including phenoxy) is 2. The van der Waals surface area contributed by atoms with E-state index < -0.39 is 23.7 Å². The smallest absolute Gasteiger partial charge is 0.400 e. The fourth-order valence-corrected chi connectivity index (χ4v) is 3.09. The molecule has 0 N–H and O–H groups in total. The molecule has 7 heteroatoms. The van der Waals surface area contributed by atoms with Gasteiger partial charge in [0.05, 0.1) is 5.92 Å². The van der Waals surface area contributed by atoms with Crippen LogP contribution in [0, 0.1) is 23.5 Å². The van der Waals surface area contributed by atoms with Crippen LogP contribution in [-0.2, 0) is 4.79 Å². The van der Waals surface area contributed by atoms with E-state index in [1.807, 2.05) is 13.7 Å². The SMILES string of the molecule is C=O.CC1CCC(C(F)(F)Oc2ccc(Oc3ccc(F)cc3)c(F)c2)CC1.[HH]. The molecule has 1 saturated carbocycles. The highest BCUT2D eigenvalue weighted by Gasteiger charge is 2.43. The molecule has 0 atom stereocenters. The number of carbonyl (C=O) groups excluding carboxylic acids is 1. The molecular weight excluding hydrogens is 376 g/mol. The van der Waals surface area contributed by atoms with Crippen LogP contribution in [0.4, 0.5) is 17.6 Å². The Morgan fingerprint density at radius 1 is 0.964 bits per heavy atom. The molecule has 2 aromatic carbocycles. The van der Waals surface area contributed by atoms with Crippen molar-refractivity contribution in [2.45, 2.75) is 38.7 Å². The summed E-state index contributed by atoms with van der Waals surface area (Å²) in [6.07, 6.45) is -1.08. The van der Waals surface area contributed by atoms with Crippen molar-refractivity contribution in [2.75, 3.05) is 0 Å². The molecule has 0 spiro atoms. The first-order valence-corrected chi connectivity index (χ1v) is 8.92. The average molecular weight is 400 g/mol. The quantitative estimate of drug-likeness (QED) is 0.530. The maximum absolute atomic E-state index is 14.3. The van der Waals surface area contributed by atoms with Gasteiger partial charge in [-0.25, -0.2) is 8.78 Å². The summed E-state index contributed by atoms with van der Waals surface area (Å²) in [5.41, 5.74) is 0. The molecule has 0 bridgehead atoms. The van der Waals surface area contributed by atoms with Crippen molar-refractivity contribution in [1.29, 1.82) is 0 Å². The molecule has 2 aromatic rings. The van der Waals surface area contributed by atoms with Crippen LogP contribution in [0.25, 0.3) is 0 Å². The number of hydrogen-bond donors (Lipinski definition) is 0. The molecule has 1 aliphatic carbocycles. The fraction of sp³-hybridized carbons (Fsp3) is 0.381. The summed E-state index contributed by atoms with van der Waals surface area (Å²) < 4.78 is 65.8. The third kappa shape index (κ3) is 5.71. The van der Waals surface area contributed by atoms with E-state index >= 15 is 0 Å². The number of rotatable bonds is 5. The van der Waals surface area contributed by atoms with Gasteiger partial charge in [0.15, 0.2) is 11.6 Å². The second-order valence-corrected chi connectivity index (χ2v) is 6.77. The molecule has 0 aromatic heterocycles. The molecular formula is C21H24F4O3. The van der Waals surface area contributed by atoms with Crippen LogP contribution in [0.2, 0.25) is 0 Å². The Morgan fingerprint density at radius 2 is 1.54 bits per heavy atom. The number of carbonyl (C=O) groups is 1. The molecule has 0 unspecified atom stereocenters. The van der Waals surface area contributed by atoms with Crippen LogP contribution in [0.3, 0.4) is 0 Å². The zero-order valence-corrected chi connectivity index (χ0v) is 15.5. The third-order valence-corrected chi connectivity index (χ3v) is 4.69. The summed E-state index contributed by atoms with van der Waals surface area (Å²) >= 11 is 0. The molecule has 0 amide bonds. The van der Waals surface area contributed by atoms with Crippen LogP contribution in [0.15, 0.2) is 42.5 Å². The van der Waals surface area contributed by atoms with E-state index in [9.17, 15) is 17.6 Å². The Balaban J connectivity index is 0.00000136. The Hall–Kier alpha value is -2.57. The van der Waals surface area contributed by atoms with Gasteiger partial charge in [0, 0.05) is 7.49 Å². The standard InChI is InChI=1S/C20H20F4O2.CH2O.H2/c1-13-2-4-14(5-3-13)20(23,24)26-17-10-11-19(18(22)12-17)25-16-8-6-15(21)7-9-16;1-2;/h6-14H,2-5H2,1H3;1H2;1H. The van der Waals surface area contributed by atoms with Gasteiger partial charge in [-0.05, 0) is 55.2 Å². The van der Waals surface area contributed by atoms with E-state index in [0.717, 1.165) is 18.9 Å². The van der Waals surface area contributed by atoms with Gasteiger partial charge < -0.3 is 14.3 Å². The third-order valence-electron chi connectivity index (χ3n) is 4.69. The molecule has 0 heterocycles. The van der Waals surface area contributed by atoms with E-state index in [1.165, 1.54) is 36.4 Å². The van der Waals surface area contributed by atoms with Crippen molar-refractivity contribution in [3.05, 3.63) is 54.1 Å². The number of halogens is 4. The Kier molecular flexibility index (Phi) is 7.43.